The molecular weight excluding hydrogens is 146 g/mol. The molecule has 0 aliphatic rings. The van der Waals surface area contributed by atoms with Crippen LogP contribution in [0.1, 0.15) is 22.9 Å². The molecule has 0 radical (unpaired) electrons. The third-order valence-corrected chi connectivity index (χ3v) is 1.24. The molecule has 0 unspecified atom stereocenters. The molecule has 0 atom stereocenters. The Morgan fingerprint density at radius 2 is 2.55 bits per heavy atom. The molecule has 1 heterocycles. The summed E-state index contributed by atoms with van der Waals surface area (Å²) in [6.45, 7) is 0.110. The number of oxazole rings is 1. The van der Waals surface area contributed by atoms with Gasteiger partial charge in [0.25, 0.3) is 0 Å². The number of aldehydes is 1. The molecule has 11 heavy (non-hydrogen) atoms. The van der Waals surface area contributed by atoms with Crippen molar-refractivity contribution < 1.29 is 14.3 Å². The molecule has 0 fully saturated rings. The number of carbonyl (C=O) groups is 1. The van der Waals surface area contributed by atoms with Gasteiger partial charge in [0.2, 0.25) is 0 Å². The number of hydrogen-bond donors (Lipinski definition) is 1. The maximum atomic E-state index is 10.1. The molecule has 0 aromatic carbocycles. The van der Waals surface area contributed by atoms with Gasteiger partial charge in [-0.25, -0.2) is 4.98 Å². The molecule has 0 bridgehead atoms. The molecule has 0 amide bonds. The van der Waals surface area contributed by atoms with Crippen LogP contribution < -0.4 is 0 Å². The molecule has 4 nitrogen and oxygen atoms in total. The molecule has 1 aromatic rings. The Labute approximate surface area is 63.9 Å². The van der Waals surface area contributed by atoms with Gasteiger partial charge in [0.15, 0.2) is 17.9 Å². The highest BCUT2D eigenvalue weighted by atomic mass is 16.4. The van der Waals surface area contributed by atoms with E-state index in [1.54, 1.807) is 0 Å². The van der Waals surface area contributed by atoms with Crippen molar-refractivity contribution in [3.63, 3.8) is 0 Å². The van der Waals surface area contributed by atoms with Crippen LogP contribution in [0.2, 0.25) is 0 Å². The fraction of sp³-hybridized carbons (Fsp3) is 0.429. The van der Waals surface area contributed by atoms with Crippen LogP contribution in [-0.2, 0) is 6.42 Å². The van der Waals surface area contributed by atoms with Crippen molar-refractivity contribution in [1.82, 2.24) is 4.98 Å². The van der Waals surface area contributed by atoms with Gasteiger partial charge >= 0.3 is 0 Å². The number of carbonyl (C=O) groups excluding carboxylic acids is 1. The Kier molecular flexibility index (Phi) is 2.80. The van der Waals surface area contributed by atoms with E-state index < -0.39 is 0 Å². The summed E-state index contributed by atoms with van der Waals surface area (Å²) >= 11 is 0. The molecule has 0 aliphatic heterocycles. The first-order valence-electron chi connectivity index (χ1n) is 3.37. The summed E-state index contributed by atoms with van der Waals surface area (Å²) < 4.78 is 4.94. The van der Waals surface area contributed by atoms with Crippen molar-refractivity contribution in [3.8, 4) is 0 Å². The zero-order valence-electron chi connectivity index (χ0n) is 5.99. The summed E-state index contributed by atoms with van der Waals surface area (Å²) in [7, 11) is 0. The van der Waals surface area contributed by atoms with Gasteiger partial charge in [0, 0.05) is 13.0 Å². The number of rotatable bonds is 4. The van der Waals surface area contributed by atoms with Gasteiger partial charge in [-0.1, -0.05) is 0 Å². The molecule has 60 valence electrons. The average Bonchev–Trinajstić information content (AvgIpc) is 2.48. The Morgan fingerprint density at radius 1 is 1.73 bits per heavy atom. The zero-order chi connectivity index (χ0) is 8.10. The van der Waals surface area contributed by atoms with Crippen molar-refractivity contribution in [2.45, 2.75) is 12.8 Å². The predicted molar refractivity (Wildman–Crippen MR) is 37.3 cm³/mol. The lowest BCUT2D eigenvalue weighted by Gasteiger charge is -1.89. The van der Waals surface area contributed by atoms with E-state index in [9.17, 15) is 4.79 Å². The SMILES string of the molecule is O=Cc1cnc(CCCO)o1. The van der Waals surface area contributed by atoms with E-state index in [1.165, 1.54) is 6.20 Å². The first-order valence-corrected chi connectivity index (χ1v) is 3.37. The fourth-order valence-corrected chi connectivity index (χ4v) is 0.725. The first-order chi connectivity index (χ1) is 5.36. The second kappa shape index (κ2) is 3.88. The number of aryl methyl sites for hydroxylation is 1. The minimum atomic E-state index is 0.110. The van der Waals surface area contributed by atoms with Crippen molar-refractivity contribution in [2.24, 2.45) is 0 Å². The first kappa shape index (κ1) is 7.94. The lowest BCUT2D eigenvalue weighted by atomic mass is 10.3. The van der Waals surface area contributed by atoms with E-state index in [2.05, 4.69) is 4.98 Å². The van der Waals surface area contributed by atoms with Gasteiger partial charge in [-0.2, -0.15) is 0 Å². The van der Waals surface area contributed by atoms with Gasteiger partial charge in [-0.05, 0) is 6.42 Å². The van der Waals surface area contributed by atoms with Crippen LogP contribution in [0.5, 0.6) is 0 Å². The number of aromatic nitrogens is 1. The third kappa shape index (κ3) is 2.16. The van der Waals surface area contributed by atoms with Crippen LogP contribution in [0.15, 0.2) is 10.6 Å². The highest BCUT2D eigenvalue weighted by Gasteiger charge is 2.00. The van der Waals surface area contributed by atoms with E-state index in [4.69, 9.17) is 9.52 Å². The second-order valence-corrected chi connectivity index (χ2v) is 2.10. The van der Waals surface area contributed by atoms with Crippen molar-refractivity contribution >= 4 is 6.29 Å². The van der Waals surface area contributed by atoms with E-state index >= 15 is 0 Å². The van der Waals surface area contributed by atoms with E-state index in [0.717, 1.165) is 0 Å². The van der Waals surface area contributed by atoms with Gasteiger partial charge in [0.05, 0.1) is 6.20 Å². The summed E-state index contributed by atoms with van der Waals surface area (Å²) in [6.07, 6.45) is 3.16. The third-order valence-electron chi connectivity index (χ3n) is 1.24. The number of hydrogen-bond acceptors (Lipinski definition) is 4. The molecule has 0 saturated carbocycles. The molecule has 0 saturated heterocycles. The Hall–Kier alpha value is -1.16. The normalized spacial score (nSPS) is 9.91. The molecule has 0 aliphatic carbocycles. The van der Waals surface area contributed by atoms with Gasteiger partial charge in [0.1, 0.15) is 0 Å². The molecule has 1 aromatic heterocycles. The maximum Gasteiger partial charge on any atom is 0.195 e. The van der Waals surface area contributed by atoms with Crippen molar-refractivity contribution in [1.29, 1.82) is 0 Å². The summed E-state index contributed by atoms with van der Waals surface area (Å²) in [6, 6.07) is 0. The minimum absolute atomic E-state index is 0.110. The number of aliphatic hydroxyl groups is 1. The fourth-order valence-electron chi connectivity index (χ4n) is 0.725. The smallest absolute Gasteiger partial charge is 0.195 e. The molecule has 1 rings (SSSR count). The van der Waals surface area contributed by atoms with Gasteiger partial charge in [-0.3, -0.25) is 4.79 Å². The molecular formula is C7H9NO3. The summed E-state index contributed by atoms with van der Waals surface area (Å²) in [5, 5.41) is 8.45. The Balaban J connectivity index is 2.51. The molecule has 0 spiro atoms. The summed E-state index contributed by atoms with van der Waals surface area (Å²) in [5.74, 6) is 0.735. The number of nitrogens with zero attached hydrogens (tertiary/aromatic N) is 1. The highest BCUT2D eigenvalue weighted by Crippen LogP contribution is 2.02. The van der Waals surface area contributed by atoms with Gasteiger partial charge in [-0.15, -0.1) is 0 Å². The van der Waals surface area contributed by atoms with E-state index in [0.29, 0.717) is 25.0 Å². The Bertz CT molecular complexity index is 231. The largest absolute Gasteiger partial charge is 0.438 e. The van der Waals surface area contributed by atoms with Crippen molar-refractivity contribution in [2.75, 3.05) is 6.61 Å². The predicted octanol–water partition coefficient (Wildman–Crippen LogP) is 0.412. The second-order valence-electron chi connectivity index (χ2n) is 2.10. The maximum absolute atomic E-state index is 10.1. The van der Waals surface area contributed by atoms with E-state index in [-0.39, 0.29) is 12.4 Å². The molecule has 1 N–H and O–H groups in total. The van der Waals surface area contributed by atoms with Crippen LogP contribution in [0.4, 0.5) is 0 Å². The van der Waals surface area contributed by atoms with Crippen LogP contribution >= 0.6 is 0 Å². The summed E-state index contributed by atoms with van der Waals surface area (Å²) in [4.78, 5) is 13.9. The lowest BCUT2D eigenvalue weighted by molar-refractivity contribution is 0.109. The standard InChI is InChI=1S/C7H9NO3/c9-3-1-2-7-8-4-6(5-10)11-7/h4-5,9H,1-3H2. The molecule has 4 heteroatoms. The monoisotopic (exact) mass is 155 g/mol. The van der Waals surface area contributed by atoms with E-state index in [1.807, 2.05) is 0 Å². The number of aliphatic hydroxyl groups excluding tert-OH is 1. The quantitative estimate of drug-likeness (QED) is 0.640. The van der Waals surface area contributed by atoms with Crippen LogP contribution in [0.3, 0.4) is 0 Å². The average molecular weight is 155 g/mol. The summed E-state index contributed by atoms with van der Waals surface area (Å²) in [5.41, 5.74) is 0. The topological polar surface area (TPSA) is 63.3 Å². The lowest BCUT2D eigenvalue weighted by Crippen LogP contribution is -1.88. The minimum Gasteiger partial charge on any atom is -0.438 e. The van der Waals surface area contributed by atoms with Gasteiger partial charge < -0.3 is 9.52 Å². The van der Waals surface area contributed by atoms with Crippen molar-refractivity contribution in [3.05, 3.63) is 17.8 Å². The highest BCUT2D eigenvalue weighted by molar-refractivity contribution is 5.69. The van der Waals surface area contributed by atoms with Crippen LogP contribution in [0.25, 0.3) is 0 Å². The zero-order valence-corrected chi connectivity index (χ0v) is 5.99. The Morgan fingerprint density at radius 3 is 3.09 bits per heavy atom. The van der Waals surface area contributed by atoms with Crippen LogP contribution in [0, 0.1) is 0 Å². The van der Waals surface area contributed by atoms with Crippen LogP contribution in [-0.4, -0.2) is 23.0 Å².